The predicted octanol–water partition coefficient (Wildman–Crippen LogP) is 5.87. The fourth-order valence-corrected chi connectivity index (χ4v) is 3.36. The Hall–Kier alpha value is -1.35. The zero-order valence-corrected chi connectivity index (χ0v) is 17.3. The Labute approximate surface area is 164 Å². The molecular weight excluding hydrogens is 340 g/mol. The van der Waals surface area contributed by atoms with Gasteiger partial charge < -0.3 is 4.90 Å². The van der Waals surface area contributed by atoms with E-state index in [0.29, 0.717) is 6.04 Å². The van der Waals surface area contributed by atoms with Crippen molar-refractivity contribution in [3.8, 4) is 0 Å². The molecule has 1 saturated heterocycles. The minimum atomic E-state index is 0.317. The third-order valence-electron chi connectivity index (χ3n) is 5.02. The lowest BCUT2D eigenvalue weighted by Crippen LogP contribution is -2.47. The summed E-state index contributed by atoms with van der Waals surface area (Å²) in [6.45, 7) is 12.3. The van der Waals surface area contributed by atoms with Gasteiger partial charge in [-0.1, -0.05) is 87.7 Å². The van der Waals surface area contributed by atoms with Crippen LogP contribution in [0.1, 0.15) is 50.8 Å². The van der Waals surface area contributed by atoms with Gasteiger partial charge in [0.2, 0.25) is 0 Å². The first-order valence-electron chi connectivity index (χ1n) is 9.96. The molecule has 1 aliphatic rings. The van der Waals surface area contributed by atoms with Crippen LogP contribution in [0.4, 0.5) is 0 Å². The molecule has 0 spiro atoms. The highest BCUT2D eigenvalue weighted by Gasteiger charge is 2.25. The summed E-state index contributed by atoms with van der Waals surface area (Å²) in [6, 6.07) is 19.4. The molecule has 0 aromatic heterocycles. The molecule has 2 aromatic carbocycles. The third kappa shape index (κ3) is 6.12. The molecule has 142 valence electrons. The second-order valence-corrected chi connectivity index (χ2v) is 7.27. The number of hydrogen-bond acceptors (Lipinski definition) is 2. The van der Waals surface area contributed by atoms with Gasteiger partial charge in [-0.05, 0) is 29.8 Å². The summed E-state index contributed by atoms with van der Waals surface area (Å²) in [5, 5.41) is 0.798. The van der Waals surface area contributed by atoms with Crippen molar-refractivity contribution in [3.05, 3.63) is 70.7 Å². The van der Waals surface area contributed by atoms with Crippen LogP contribution >= 0.6 is 11.6 Å². The molecule has 26 heavy (non-hydrogen) atoms. The van der Waals surface area contributed by atoms with Crippen molar-refractivity contribution in [2.24, 2.45) is 0 Å². The predicted molar refractivity (Wildman–Crippen MR) is 114 cm³/mol. The van der Waals surface area contributed by atoms with E-state index >= 15 is 0 Å². The van der Waals surface area contributed by atoms with Gasteiger partial charge in [0.15, 0.2) is 0 Å². The summed E-state index contributed by atoms with van der Waals surface area (Å²) in [7, 11) is 0. The quantitative estimate of drug-likeness (QED) is 0.647. The van der Waals surface area contributed by atoms with Crippen LogP contribution in [0.25, 0.3) is 0 Å². The van der Waals surface area contributed by atoms with E-state index in [1.165, 1.54) is 24.0 Å². The molecule has 0 aliphatic carbocycles. The summed E-state index contributed by atoms with van der Waals surface area (Å²) >= 11 is 6.07. The molecule has 1 atom stereocenters. The second kappa shape index (κ2) is 11.4. The van der Waals surface area contributed by atoms with Gasteiger partial charge in [-0.25, -0.2) is 0 Å². The van der Waals surface area contributed by atoms with Crippen LogP contribution in [0.3, 0.4) is 0 Å². The van der Waals surface area contributed by atoms with Crippen LogP contribution < -0.4 is 0 Å². The molecule has 1 heterocycles. The highest BCUT2D eigenvalue weighted by Crippen LogP contribution is 2.30. The van der Waals surface area contributed by atoms with E-state index in [9.17, 15) is 0 Å². The molecule has 3 heteroatoms. The first-order chi connectivity index (χ1) is 12.7. The molecule has 0 amide bonds. The van der Waals surface area contributed by atoms with E-state index < -0.39 is 0 Å². The summed E-state index contributed by atoms with van der Waals surface area (Å²) in [5.74, 6) is 0. The molecule has 1 unspecified atom stereocenters. The van der Waals surface area contributed by atoms with Crippen molar-refractivity contribution in [2.75, 3.05) is 32.7 Å². The zero-order chi connectivity index (χ0) is 18.8. The van der Waals surface area contributed by atoms with Crippen molar-refractivity contribution in [1.82, 2.24) is 9.80 Å². The fraction of sp³-hybridized carbons (Fsp3) is 0.478. The summed E-state index contributed by atoms with van der Waals surface area (Å²) in [4.78, 5) is 5.10. The summed E-state index contributed by atoms with van der Waals surface area (Å²) < 4.78 is 0. The molecule has 0 bridgehead atoms. The van der Waals surface area contributed by atoms with Gasteiger partial charge in [-0.15, -0.1) is 0 Å². The Morgan fingerprint density at radius 1 is 0.769 bits per heavy atom. The molecule has 3 rings (SSSR count). The molecule has 2 nitrogen and oxygen atoms in total. The molecule has 1 aliphatic heterocycles. The second-order valence-electron chi connectivity index (χ2n) is 6.84. The van der Waals surface area contributed by atoms with Gasteiger partial charge in [0.25, 0.3) is 0 Å². The van der Waals surface area contributed by atoms with E-state index in [-0.39, 0.29) is 0 Å². The van der Waals surface area contributed by atoms with E-state index in [1.54, 1.807) is 0 Å². The van der Waals surface area contributed by atoms with Crippen molar-refractivity contribution in [3.63, 3.8) is 0 Å². The number of unbranched alkanes of at least 4 members (excludes halogenated alkanes) is 1. The van der Waals surface area contributed by atoms with Crippen molar-refractivity contribution >= 4 is 11.6 Å². The van der Waals surface area contributed by atoms with Crippen LogP contribution in [0.15, 0.2) is 54.6 Å². The molecule has 1 fully saturated rings. The van der Waals surface area contributed by atoms with Crippen LogP contribution in [0, 0.1) is 0 Å². The summed E-state index contributed by atoms with van der Waals surface area (Å²) in [6.07, 6.45) is 2.64. The number of likely N-dealkylation sites (N-methyl/N-ethyl adjacent to an activating group) is 1. The largest absolute Gasteiger partial charge is 0.301 e. The standard InChI is InChI=1S/C19H23ClN2.C4H10/c1-2-21-12-14-22(15-13-21)19(16-6-4-3-5-7-16)17-8-10-18(20)11-9-17;1-3-4-2/h3-11,19H,2,12-15H2,1H3;3-4H2,1-2H3. The lowest BCUT2D eigenvalue weighted by molar-refractivity contribution is 0.113. The zero-order valence-electron chi connectivity index (χ0n) is 16.5. The highest BCUT2D eigenvalue weighted by atomic mass is 35.5. The lowest BCUT2D eigenvalue weighted by Gasteiger charge is -2.39. The highest BCUT2D eigenvalue weighted by molar-refractivity contribution is 6.30. The van der Waals surface area contributed by atoms with Crippen molar-refractivity contribution in [2.45, 2.75) is 39.7 Å². The average Bonchev–Trinajstić information content (AvgIpc) is 2.71. The van der Waals surface area contributed by atoms with Gasteiger partial charge in [0, 0.05) is 31.2 Å². The van der Waals surface area contributed by atoms with E-state index in [2.05, 4.69) is 73.0 Å². The van der Waals surface area contributed by atoms with Crippen LogP contribution in [0.2, 0.25) is 5.02 Å². The molecular formula is C23H33ClN2. The topological polar surface area (TPSA) is 6.48 Å². The van der Waals surface area contributed by atoms with E-state index in [1.807, 2.05) is 12.1 Å². The Balaban J connectivity index is 0.000000552. The maximum Gasteiger partial charge on any atom is 0.0602 e. The Kier molecular flexibility index (Phi) is 9.17. The van der Waals surface area contributed by atoms with E-state index in [4.69, 9.17) is 11.6 Å². The Morgan fingerprint density at radius 3 is 1.81 bits per heavy atom. The maximum absolute atomic E-state index is 6.07. The Bertz CT molecular complexity index is 602. The normalized spacial score (nSPS) is 16.6. The van der Waals surface area contributed by atoms with Crippen LogP contribution in [-0.2, 0) is 0 Å². The van der Waals surface area contributed by atoms with Gasteiger partial charge in [-0.2, -0.15) is 0 Å². The minimum Gasteiger partial charge on any atom is -0.301 e. The summed E-state index contributed by atoms with van der Waals surface area (Å²) in [5.41, 5.74) is 2.68. The molecule has 0 radical (unpaired) electrons. The third-order valence-corrected chi connectivity index (χ3v) is 5.27. The lowest BCUT2D eigenvalue weighted by atomic mass is 9.96. The Morgan fingerprint density at radius 2 is 1.31 bits per heavy atom. The monoisotopic (exact) mass is 372 g/mol. The molecule has 0 N–H and O–H groups in total. The molecule has 2 aromatic rings. The van der Waals surface area contributed by atoms with Crippen LogP contribution in [0.5, 0.6) is 0 Å². The van der Waals surface area contributed by atoms with Crippen LogP contribution in [-0.4, -0.2) is 42.5 Å². The van der Waals surface area contributed by atoms with Crippen molar-refractivity contribution in [1.29, 1.82) is 0 Å². The SMILES string of the molecule is CCCC.CCN1CCN(C(c2ccccc2)c2ccc(Cl)cc2)CC1. The maximum atomic E-state index is 6.07. The smallest absolute Gasteiger partial charge is 0.0602 e. The minimum absolute atomic E-state index is 0.317. The van der Waals surface area contributed by atoms with Gasteiger partial charge >= 0.3 is 0 Å². The van der Waals surface area contributed by atoms with E-state index in [0.717, 1.165) is 37.7 Å². The van der Waals surface area contributed by atoms with Gasteiger partial charge in [-0.3, -0.25) is 4.90 Å². The average molecular weight is 373 g/mol. The fourth-order valence-electron chi connectivity index (χ4n) is 3.23. The van der Waals surface area contributed by atoms with Crippen molar-refractivity contribution < 1.29 is 0 Å². The first kappa shape index (κ1) is 21.0. The number of benzene rings is 2. The number of nitrogens with zero attached hydrogens (tertiary/aromatic N) is 2. The number of piperazine rings is 1. The number of halogens is 1. The number of rotatable bonds is 5. The van der Waals surface area contributed by atoms with Gasteiger partial charge in [0.1, 0.15) is 0 Å². The van der Waals surface area contributed by atoms with Gasteiger partial charge in [0.05, 0.1) is 6.04 Å². The molecule has 0 saturated carbocycles. The first-order valence-corrected chi connectivity index (χ1v) is 10.3. The number of hydrogen-bond donors (Lipinski definition) is 0.